The number of methoxy groups -OCH3 is 1. The van der Waals surface area contributed by atoms with Crippen LogP contribution in [0.15, 0.2) is 54.9 Å². The number of carbonyl (C=O) groups is 4. The summed E-state index contributed by atoms with van der Waals surface area (Å²) in [5, 5.41) is 12.1. The summed E-state index contributed by atoms with van der Waals surface area (Å²) in [6.45, 7) is 6.33. The van der Waals surface area contributed by atoms with Gasteiger partial charge < -0.3 is 34.9 Å². The lowest BCUT2D eigenvalue weighted by molar-refractivity contribution is -0.138. The molecular weight excluding hydrogens is 683 g/mol. The second-order valence-corrected chi connectivity index (χ2v) is 14.0. The Morgan fingerprint density at radius 3 is 1.98 bits per heavy atom. The number of alkyl carbamates (subject to hydrolysis) is 1. The van der Waals surface area contributed by atoms with E-state index < -0.39 is 30.1 Å². The van der Waals surface area contributed by atoms with E-state index >= 15 is 4.39 Å². The third kappa shape index (κ3) is 7.59. The summed E-state index contributed by atoms with van der Waals surface area (Å²) in [7, 11) is 2.67. The number of H-pyrrole nitrogens is 2. The molecule has 2 aromatic heterocycles. The molecule has 0 aliphatic carbocycles. The molecule has 2 saturated heterocycles. The molecule has 2 aliphatic rings. The Morgan fingerprint density at radius 2 is 1.42 bits per heavy atom. The summed E-state index contributed by atoms with van der Waals surface area (Å²) in [5.74, 6) is 0.0937. The lowest BCUT2D eigenvalue weighted by Gasteiger charge is -2.33. The molecule has 4 aromatic rings. The summed E-state index contributed by atoms with van der Waals surface area (Å²) in [6.07, 6.45) is 4.42. The molecule has 14 nitrogen and oxygen atoms in total. The Hall–Kier alpha value is -5.73. The molecule has 0 bridgehead atoms. The molecule has 4 atom stereocenters. The van der Waals surface area contributed by atoms with Crippen molar-refractivity contribution in [1.29, 1.82) is 0 Å². The predicted octanol–water partition coefficient (Wildman–Crippen LogP) is 5.98. The number of benzene rings is 2. The number of nitrogens with one attached hydrogen (secondary N) is 3. The Labute approximate surface area is 306 Å². The molecule has 4 amide bonds. The minimum Gasteiger partial charge on any atom is -0.465 e. The maximum Gasteiger partial charge on any atom is 0.407 e. The minimum absolute atomic E-state index is 0.195. The fraction of sp³-hybridized carbons (Fsp3) is 0.421. The number of carbonyl (C=O) groups excluding carboxylic acids is 3. The Morgan fingerprint density at radius 1 is 0.868 bits per heavy atom. The lowest BCUT2D eigenvalue weighted by Crippen LogP contribution is -2.51. The van der Waals surface area contributed by atoms with Gasteiger partial charge in [-0.3, -0.25) is 14.5 Å². The van der Waals surface area contributed by atoms with E-state index in [2.05, 4.69) is 30.0 Å². The van der Waals surface area contributed by atoms with E-state index in [1.54, 1.807) is 35.2 Å². The maximum absolute atomic E-state index is 15.6. The van der Waals surface area contributed by atoms with Crippen molar-refractivity contribution in [3.63, 3.8) is 0 Å². The van der Waals surface area contributed by atoms with Gasteiger partial charge in [0.25, 0.3) is 0 Å². The molecule has 6 rings (SSSR count). The number of halogens is 1. The molecule has 0 saturated carbocycles. The summed E-state index contributed by atoms with van der Waals surface area (Å²) >= 11 is 0. The first-order valence-corrected chi connectivity index (χ1v) is 17.8. The van der Waals surface area contributed by atoms with Crippen LogP contribution in [0, 0.1) is 11.7 Å². The zero-order chi connectivity index (χ0) is 38.0. The molecule has 280 valence electrons. The molecule has 4 N–H and O–H groups in total. The first-order valence-electron chi connectivity index (χ1n) is 17.8. The number of nitrogens with zero attached hydrogens (tertiary/aromatic N) is 5. The number of hydrogen-bond acceptors (Lipinski definition) is 7. The third-order valence-corrected chi connectivity index (χ3v) is 10.2. The van der Waals surface area contributed by atoms with Gasteiger partial charge in [0.1, 0.15) is 29.5 Å². The zero-order valence-corrected chi connectivity index (χ0v) is 30.4. The van der Waals surface area contributed by atoms with Gasteiger partial charge in [-0.2, -0.15) is 0 Å². The van der Waals surface area contributed by atoms with Gasteiger partial charge in [0.05, 0.1) is 43.0 Å². The van der Waals surface area contributed by atoms with Gasteiger partial charge >= 0.3 is 12.2 Å². The zero-order valence-electron chi connectivity index (χ0n) is 30.4. The number of hydrogen-bond donors (Lipinski definition) is 4. The molecule has 2 fully saturated rings. The standard InChI is InChI=1S/C38H45FN8O6/c1-21(2)32(45(4)38(51)52)36(49)47-17-7-9-31(47)33-40-19-28(43-33)24-12-10-23(11-13-24)25-14-15-26(27(39)18-25)29-20-41-34(44-29)30-8-6-16-46(30)35(48)22(3)42-37(50)53-5/h10-15,18-22,30-32H,6-9,16-17H2,1-5H3,(H,40,43)(H,41,44)(H,42,50)(H,51,52)/t22-,30-,31-,32-/m0/s1. The second kappa shape index (κ2) is 15.5. The van der Waals surface area contributed by atoms with Crippen molar-refractivity contribution in [3.8, 4) is 33.6 Å². The van der Waals surface area contributed by atoms with Gasteiger partial charge in [-0.15, -0.1) is 0 Å². The third-order valence-electron chi connectivity index (χ3n) is 10.2. The van der Waals surface area contributed by atoms with Crippen LogP contribution in [0.4, 0.5) is 14.0 Å². The van der Waals surface area contributed by atoms with E-state index in [0.717, 1.165) is 41.0 Å². The molecular formula is C38H45FN8O6. The topological polar surface area (TPSA) is 177 Å². The van der Waals surface area contributed by atoms with Crippen LogP contribution in [-0.4, -0.2) is 103 Å². The number of rotatable bonds is 10. The highest BCUT2D eigenvalue weighted by atomic mass is 19.1. The van der Waals surface area contributed by atoms with Crippen molar-refractivity contribution in [2.45, 2.75) is 70.6 Å². The van der Waals surface area contributed by atoms with Crippen molar-refractivity contribution in [1.82, 2.24) is 40.0 Å². The predicted molar refractivity (Wildman–Crippen MR) is 194 cm³/mol. The van der Waals surface area contributed by atoms with Crippen LogP contribution in [0.5, 0.6) is 0 Å². The summed E-state index contributed by atoms with van der Waals surface area (Å²) in [6, 6.07) is 10.5. The van der Waals surface area contributed by atoms with Gasteiger partial charge in [0.15, 0.2) is 0 Å². The number of carboxylic acid groups (broad SMARTS) is 1. The smallest absolute Gasteiger partial charge is 0.407 e. The van der Waals surface area contributed by atoms with Crippen LogP contribution in [0.3, 0.4) is 0 Å². The van der Waals surface area contributed by atoms with Crippen molar-refractivity contribution in [3.05, 3.63) is 72.3 Å². The van der Waals surface area contributed by atoms with Crippen molar-refractivity contribution >= 4 is 24.0 Å². The quantitative estimate of drug-likeness (QED) is 0.154. The summed E-state index contributed by atoms with van der Waals surface area (Å²) in [5.41, 5.74) is 3.97. The van der Waals surface area contributed by atoms with Crippen molar-refractivity contribution in [2.75, 3.05) is 27.2 Å². The first-order chi connectivity index (χ1) is 25.4. The Balaban J connectivity index is 1.13. The summed E-state index contributed by atoms with van der Waals surface area (Å²) in [4.78, 5) is 70.1. The van der Waals surface area contributed by atoms with Gasteiger partial charge in [-0.1, -0.05) is 44.2 Å². The first kappa shape index (κ1) is 37.0. The Bertz CT molecular complexity index is 1980. The second-order valence-electron chi connectivity index (χ2n) is 14.0. The highest BCUT2D eigenvalue weighted by Gasteiger charge is 2.40. The normalized spacial score (nSPS) is 18.2. The largest absolute Gasteiger partial charge is 0.465 e. The van der Waals surface area contributed by atoms with Crippen LogP contribution < -0.4 is 5.32 Å². The van der Waals surface area contributed by atoms with E-state index in [1.807, 2.05) is 44.2 Å². The molecule has 0 unspecified atom stereocenters. The molecule has 2 aliphatic heterocycles. The summed E-state index contributed by atoms with van der Waals surface area (Å²) < 4.78 is 20.2. The van der Waals surface area contributed by atoms with Gasteiger partial charge in [-0.05, 0) is 67.3 Å². The van der Waals surface area contributed by atoms with Crippen molar-refractivity contribution in [2.24, 2.45) is 5.92 Å². The van der Waals surface area contributed by atoms with E-state index in [4.69, 9.17) is 0 Å². The average Bonchev–Trinajstić information content (AvgIpc) is 3.97. The number of aromatic amines is 2. The highest BCUT2D eigenvalue weighted by Crippen LogP contribution is 2.35. The van der Waals surface area contributed by atoms with E-state index in [0.29, 0.717) is 48.0 Å². The molecule has 53 heavy (non-hydrogen) atoms. The van der Waals surface area contributed by atoms with Gasteiger partial charge in [0, 0.05) is 25.7 Å². The maximum atomic E-state index is 15.6. The monoisotopic (exact) mass is 728 g/mol. The van der Waals surface area contributed by atoms with Crippen LogP contribution >= 0.6 is 0 Å². The van der Waals surface area contributed by atoms with Crippen LogP contribution in [-0.2, 0) is 14.3 Å². The number of likely N-dealkylation sites (N-methyl/N-ethyl adjacent to an activating group) is 1. The molecule has 2 aromatic carbocycles. The Kier molecular flexibility index (Phi) is 10.8. The van der Waals surface area contributed by atoms with E-state index in [9.17, 15) is 24.3 Å². The van der Waals surface area contributed by atoms with E-state index in [-0.39, 0.29) is 29.8 Å². The average molecular weight is 729 g/mol. The number of likely N-dealkylation sites (tertiary alicyclic amines) is 2. The highest BCUT2D eigenvalue weighted by molar-refractivity contribution is 5.86. The number of ether oxygens (including phenoxy) is 1. The fourth-order valence-corrected chi connectivity index (χ4v) is 7.41. The molecule has 0 radical (unpaired) electrons. The molecule has 0 spiro atoms. The molecule has 15 heteroatoms. The minimum atomic E-state index is -1.15. The van der Waals surface area contributed by atoms with Crippen molar-refractivity contribution < 1.29 is 33.4 Å². The van der Waals surface area contributed by atoms with Crippen LogP contribution in [0.25, 0.3) is 33.6 Å². The lowest BCUT2D eigenvalue weighted by atomic mass is 10.0. The van der Waals surface area contributed by atoms with E-state index in [1.165, 1.54) is 20.2 Å². The number of amides is 4. The van der Waals surface area contributed by atoms with Gasteiger partial charge in [0.2, 0.25) is 11.8 Å². The van der Waals surface area contributed by atoms with Crippen LogP contribution in [0.2, 0.25) is 0 Å². The fourth-order valence-electron chi connectivity index (χ4n) is 7.41. The number of aromatic nitrogens is 4. The SMILES string of the molecule is COC(=O)N[C@@H](C)C(=O)N1CCC[C@H]1c1ncc(-c2ccc(-c3ccc(-c4cnc([C@@H]5CCCN5C(=O)[C@H](C(C)C)N(C)C(=O)O)[nH]4)cc3)cc2F)[nH]1. The number of imidazole rings is 2. The van der Waals surface area contributed by atoms with Crippen LogP contribution in [0.1, 0.15) is 70.2 Å². The van der Waals surface area contributed by atoms with Gasteiger partial charge in [-0.25, -0.2) is 23.9 Å². The molecule has 4 heterocycles.